The van der Waals surface area contributed by atoms with Crippen LogP contribution in [0, 0.1) is 0 Å². The predicted molar refractivity (Wildman–Crippen MR) is 95.6 cm³/mol. The van der Waals surface area contributed by atoms with Gasteiger partial charge in [0.2, 0.25) is 0 Å². The van der Waals surface area contributed by atoms with Crippen LogP contribution in [0.5, 0.6) is 0 Å². The van der Waals surface area contributed by atoms with Crippen molar-refractivity contribution in [3.8, 4) is 0 Å². The van der Waals surface area contributed by atoms with Crippen LogP contribution in [0.1, 0.15) is 90.9 Å². The summed E-state index contributed by atoms with van der Waals surface area (Å²) in [6.07, 6.45) is 16.7. The Kier molecular flexibility index (Phi) is 17.8. The predicted octanol–water partition coefficient (Wildman–Crippen LogP) is 4.17. The highest BCUT2D eigenvalue weighted by atomic mass is 15.1. The first-order chi connectivity index (χ1) is 10.3. The Balaban J connectivity index is 3.19. The zero-order valence-corrected chi connectivity index (χ0v) is 14.8. The second kappa shape index (κ2) is 17.9. The molecule has 1 unspecified atom stereocenters. The van der Waals surface area contributed by atoms with Crippen molar-refractivity contribution in [1.82, 2.24) is 10.6 Å². The molecule has 0 spiro atoms. The third-order valence-corrected chi connectivity index (χ3v) is 4.10. The molecule has 0 aromatic carbocycles. The first-order valence-electron chi connectivity index (χ1n) is 9.52. The van der Waals surface area contributed by atoms with E-state index in [9.17, 15) is 0 Å². The molecule has 0 aromatic rings. The van der Waals surface area contributed by atoms with Crippen molar-refractivity contribution in [2.75, 3.05) is 19.6 Å². The van der Waals surface area contributed by atoms with Gasteiger partial charge in [-0.3, -0.25) is 0 Å². The van der Waals surface area contributed by atoms with Crippen molar-refractivity contribution in [2.45, 2.75) is 97.1 Å². The summed E-state index contributed by atoms with van der Waals surface area (Å²) in [4.78, 5) is 0. The Bertz CT molecular complexity index is 185. The van der Waals surface area contributed by atoms with Crippen molar-refractivity contribution in [3.63, 3.8) is 0 Å². The van der Waals surface area contributed by atoms with Gasteiger partial charge < -0.3 is 16.4 Å². The number of nitrogens with two attached hydrogens (primary N) is 1. The lowest BCUT2D eigenvalue weighted by Gasteiger charge is -2.18. The van der Waals surface area contributed by atoms with Crippen LogP contribution in [0.3, 0.4) is 0 Å². The van der Waals surface area contributed by atoms with Gasteiger partial charge in [-0.25, -0.2) is 0 Å². The minimum Gasteiger partial charge on any atom is -0.330 e. The molecule has 0 amide bonds. The zero-order valence-electron chi connectivity index (χ0n) is 14.8. The van der Waals surface area contributed by atoms with Crippen LogP contribution in [-0.4, -0.2) is 25.8 Å². The van der Waals surface area contributed by atoms with Gasteiger partial charge in [-0.2, -0.15) is 0 Å². The Labute approximate surface area is 133 Å². The fraction of sp³-hybridized carbons (Fsp3) is 1.00. The molecule has 128 valence electrons. The highest BCUT2D eigenvalue weighted by molar-refractivity contribution is 4.62. The Morgan fingerprint density at radius 1 is 0.667 bits per heavy atom. The average Bonchev–Trinajstić information content (AvgIpc) is 2.51. The SMILES string of the molecule is CCCCCCCCCCCCNC(CC)NCCCN. The van der Waals surface area contributed by atoms with Crippen LogP contribution in [0.15, 0.2) is 0 Å². The van der Waals surface area contributed by atoms with E-state index < -0.39 is 0 Å². The van der Waals surface area contributed by atoms with E-state index in [1.807, 2.05) is 0 Å². The Morgan fingerprint density at radius 3 is 1.62 bits per heavy atom. The monoisotopic (exact) mass is 299 g/mol. The van der Waals surface area contributed by atoms with Gasteiger partial charge in [-0.15, -0.1) is 0 Å². The van der Waals surface area contributed by atoms with Crippen LogP contribution in [-0.2, 0) is 0 Å². The lowest BCUT2D eigenvalue weighted by atomic mass is 10.1. The van der Waals surface area contributed by atoms with E-state index in [0.717, 1.165) is 32.5 Å². The topological polar surface area (TPSA) is 50.1 Å². The highest BCUT2D eigenvalue weighted by Gasteiger charge is 2.02. The summed E-state index contributed by atoms with van der Waals surface area (Å²) in [6, 6.07) is 0. The molecule has 3 heteroatoms. The minimum absolute atomic E-state index is 0.468. The van der Waals surface area contributed by atoms with Crippen LogP contribution in [0.2, 0.25) is 0 Å². The molecule has 0 aliphatic heterocycles. The molecule has 0 heterocycles. The molecule has 0 radical (unpaired) electrons. The van der Waals surface area contributed by atoms with Gasteiger partial charge in [0.25, 0.3) is 0 Å². The molecule has 0 aliphatic carbocycles. The molecule has 0 aliphatic rings. The highest BCUT2D eigenvalue weighted by Crippen LogP contribution is 2.10. The van der Waals surface area contributed by atoms with Crippen molar-refractivity contribution >= 4 is 0 Å². The third-order valence-electron chi connectivity index (χ3n) is 4.10. The molecule has 1 atom stereocenters. The Hall–Kier alpha value is -0.120. The molecular weight excluding hydrogens is 258 g/mol. The summed E-state index contributed by atoms with van der Waals surface area (Å²) in [5, 5.41) is 7.12. The standard InChI is InChI=1S/C18H41N3/c1-3-5-6-7-8-9-10-11-12-13-16-20-18(4-2)21-17-14-15-19/h18,20-21H,3-17,19H2,1-2H3. The van der Waals surface area contributed by atoms with E-state index in [-0.39, 0.29) is 0 Å². The van der Waals surface area contributed by atoms with Crippen LogP contribution in [0.25, 0.3) is 0 Å². The summed E-state index contributed by atoms with van der Waals surface area (Å²) in [5.41, 5.74) is 5.51. The molecular formula is C18H41N3. The summed E-state index contributed by atoms with van der Waals surface area (Å²) in [6.45, 7) is 7.46. The van der Waals surface area contributed by atoms with Gasteiger partial charge in [0, 0.05) is 0 Å². The van der Waals surface area contributed by atoms with Crippen molar-refractivity contribution in [2.24, 2.45) is 5.73 Å². The lowest BCUT2D eigenvalue weighted by Crippen LogP contribution is -2.42. The second-order valence-electron chi connectivity index (χ2n) is 6.19. The maximum Gasteiger partial charge on any atom is 0.0568 e. The lowest BCUT2D eigenvalue weighted by molar-refractivity contribution is 0.404. The van der Waals surface area contributed by atoms with E-state index in [1.54, 1.807) is 0 Å². The van der Waals surface area contributed by atoms with Gasteiger partial charge in [0.05, 0.1) is 6.17 Å². The quantitative estimate of drug-likeness (QED) is 0.279. The molecule has 0 rings (SSSR count). The van der Waals surface area contributed by atoms with E-state index in [0.29, 0.717) is 6.17 Å². The fourth-order valence-corrected chi connectivity index (χ4v) is 2.63. The van der Waals surface area contributed by atoms with Crippen molar-refractivity contribution in [1.29, 1.82) is 0 Å². The summed E-state index contributed by atoms with van der Waals surface area (Å²) in [5.74, 6) is 0. The van der Waals surface area contributed by atoms with Crippen LogP contribution >= 0.6 is 0 Å². The molecule has 21 heavy (non-hydrogen) atoms. The third kappa shape index (κ3) is 16.1. The maximum absolute atomic E-state index is 5.51. The first-order valence-corrected chi connectivity index (χ1v) is 9.52. The molecule has 3 nitrogen and oxygen atoms in total. The number of hydrogen-bond acceptors (Lipinski definition) is 3. The van der Waals surface area contributed by atoms with Crippen LogP contribution in [0.4, 0.5) is 0 Å². The largest absolute Gasteiger partial charge is 0.330 e. The average molecular weight is 300 g/mol. The number of nitrogens with one attached hydrogen (secondary N) is 2. The van der Waals surface area contributed by atoms with Crippen molar-refractivity contribution in [3.05, 3.63) is 0 Å². The number of rotatable bonds is 17. The fourth-order valence-electron chi connectivity index (χ4n) is 2.63. The minimum atomic E-state index is 0.468. The summed E-state index contributed by atoms with van der Waals surface area (Å²) >= 11 is 0. The number of hydrogen-bond donors (Lipinski definition) is 3. The van der Waals surface area contributed by atoms with Gasteiger partial charge in [0.1, 0.15) is 0 Å². The molecule has 0 fully saturated rings. The van der Waals surface area contributed by atoms with Gasteiger partial charge in [-0.05, 0) is 38.9 Å². The van der Waals surface area contributed by atoms with Gasteiger partial charge in [0.15, 0.2) is 0 Å². The van der Waals surface area contributed by atoms with Crippen molar-refractivity contribution < 1.29 is 0 Å². The van der Waals surface area contributed by atoms with E-state index >= 15 is 0 Å². The molecule has 0 aromatic heterocycles. The molecule has 0 saturated carbocycles. The first kappa shape index (κ1) is 20.9. The molecule has 4 N–H and O–H groups in total. The van der Waals surface area contributed by atoms with E-state index in [1.165, 1.54) is 64.2 Å². The zero-order chi connectivity index (χ0) is 15.6. The molecule has 0 bridgehead atoms. The summed E-state index contributed by atoms with van der Waals surface area (Å²) in [7, 11) is 0. The normalized spacial score (nSPS) is 12.7. The summed E-state index contributed by atoms with van der Waals surface area (Å²) < 4.78 is 0. The Morgan fingerprint density at radius 2 is 1.14 bits per heavy atom. The number of unbranched alkanes of at least 4 members (excludes halogenated alkanes) is 9. The maximum atomic E-state index is 5.51. The van der Waals surface area contributed by atoms with Gasteiger partial charge >= 0.3 is 0 Å². The molecule has 0 saturated heterocycles. The van der Waals surface area contributed by atoms with E-state index in [4.69, 9.17) is 5.73 Å². The van der Waals surface area contributed by atoms with Gasteiger partial charge in [-0.1, -0.05) is 71.6 Å². The second-order valence-corrected chi connectivity index (χ2v) is 6.19. The van der Waals surface area contributed by atoms with Crippen LogP contribution < -0.4 is 16.4 Å². The van der Waals surface area contributed by atoms with E-state index in [2.05, 4.69) is 24.5 Å². The smallest absolute Gasteiger partial charge is 0.0568 e.